The molecule has 2 N–H and O–H groups in total. The number of rotatable bonds is 5. The summed E-state index contributed by atoms with van der Waals surface area (Å²) in [6.07, 6.45) is 0. The third-order valence-corrected chi connectivity index (χ3v) is 5.48. The average molecular weight is 412 g/mol. The zero-order chi connectivity index (χ0) is 21.0. The second-order valence-corrected chi connectivity index (χ2v) is 8.12. The maximum atomic E-state index is 12.5. The molecular formula is C20H20N4O4S. The Kier molecular flexibility index (Phi) is 5.79. The van der Waals surface area contributed by atoms with Gasteiger partial charge in [0.1, 0.15) is 0 Å². The fourth-order valence-corrected chi connectivity index (χ4v) is 3.66. The SMILES string of the molecule is Cc1cc(C)n(C(=O)c2ccc(S(=O)(=O)NC(=O)NCc3ccccc3)cc2)n1. The van der Waals surface area contributed by atoms with Gasteiger partial charge >= 0.3 is 6.03 Å². The number of nitrogens with one attached hydrogen (secondary N) is 2. The van der Waals surface area contributed by atoms with Gasteiger partial charge in [0.05, 0.1) is 10.6 Å². The maximum absolute atomic E-state index is 12.5. The largest absolute Gasteiger partial charge is 0.333 e. The van der Waals surface area contributed by atoms with Crippen LogP contribution in [-0.4, -0.2) is 30.1 Å². The van der Waals surface area contributed by atoms with Crippen LogP contribution in [0.15, 0.2) is 65.6 Å². The van der Waals surface area contributed by atoms with Gasteiger partial charge in [-0.15, -0.1) is 0 Å². The van der Waals surface area contributed by atoms with E-state index in [0.29, 0.717) is 11.4 Å². The molecule has 2 amide bonds. The van der Waals surface area contributed by atoms with Gasteiger partial charge in [-0.25, -0.2) is 22.6 Å². The van der Waals surface area contributed by atoms with Crippen LogP contribution < -0.4 is 10.0 Å². The van der Waals surface area contributed by atoms with E-state index in [1.54, 1.807) is 19.9 Å². The molecule has 29 heavy (non-hydrogen) atoms. The molecule has 9 heteroatoms. The maximum Gasteiger partial charge on any atom is 0.328 e. The quantitative estimate of drug-likeness (QED) is 0.669. The van der Waals surface area contributed by atoms with Gasteiger partial charge in [-0.05, 0) is 49.7 Å². The molecule has 0 atom stereocenters. The topological polar surface area (TPSA) is 110 Å². The van der Waals surface area contributed by atoms with Crippen LogP contribution in [0.25, 0.3) is 0 Å². The number of urea groups is 1. The predicted octanol–water partition coefficient (Wildman–Crippen LogP) is 2.38. The summed E-state index contributed by atoms with van der Waals surface area (Å²) in [7, 11) is -4.07. The fraction of sp³-hybridized carbons (Fsp3) is 0.150. The van der Waals surface area contributed by atoms with Crippen molar-refractivity contribution in [2.75, 3.05) is 0 Å². The zero-order valence-corrected chi connectivity index (χ0v) is 16.7. The molecule has 0 aliphatic carbocycles. The minimum atomic E-state index is -4.07. The van der Waals surface area contributed by atoms with Gasteiger partial charge in [0.25, 0.3) is 15.9 Å². The highest BCUT2D eigenvalue weighted by atomic mass is 32.2. The molecule has 150 valence electrons. The van der Waals surface area contributed by atoms with E-state index in [-0.39, 0.29) is 22.9 Å². The third kappa shape index (κ3) is 4.88. The molecule has 8 nitrogen and oxygen atoms in total. The summed E-state index contributed by atoms with van der Waals surface area (Å²) in [5.74, 6) is -0.367. The standard InChI is InChI=1S/C20H20N4O4S/c1-14-12-15(2)24(22-14)19(25)17-8-10-18(11-9-17)29(27,28)23-20(26)21-13-16-6-4-3-5-7-16/h3-12H,13H2,1-2H3,(H2,21,23,26). The van der Waals surface area contributed by atoms with Crippen molar-refractivity contribution in [2.24, 2.45) is 0 Å². The number of nitrogens with zero attached hydrogens (tertiary/aromatic N) is 2. The van der Waals surface area contributed by atoms with E-state index in [4.69, 9.17) is 0 Å². The first-order valence-electron chi connectivity index (χ1n) is 8.79. The first kappa shape index (κ1) is 20.3. The highest BCUT2D eigenvalue weighted by Gasteiger charge is 2.19. The molecule has 0 spiro atoms. The van der Waals surface area contributed by atoms with Crippen LogP contribution in [0, 0.1) is 13.8 Å². The normalized spacial score (nSPS) is 11.1. The van der Waals surface area contributed by atoms with E-state index in [1.807, 2.05) is 35.1 Å². The Balaban J connectivity index is 1.67. The number of hydrogen-bond donors (Lipinski definition) is 2. The minimum absolute atomic E-state index is 0.128. The fourth-order valence-electron chi connectivity index (χ4n) is 2.73. The molecule has 3 aromatic rings. The molecule has 0 aliphatic rings. The molecule has 0 bridgehead atoms. The monoisotopic (exact) mass is 412 g/mol. The van der Waals surface area contributed by atoms with Gasteiger partial charge in [0.2, 0.25) is 0 Å². The Morgan fingerprint density at radius 2 is 1.66 bits per heavy atom. The lowest BCUT2D eigenvalue weighted by molar-refractivity contribution is 0.0942. The lowest BCUT2D eigenvalue weighted by atomic mass is 10.2. The molecule has 0 fully saturated rings. The van der Waals surface area contributed by atoms with Gasteiger partial charge < -0.3 is 5.32 Å². The van der Waals surface area contributed by atoms with Gasteiger partial charge in [-0.1, -0.05) is 30.3 Å². The van der Waals surface area contributed by atoms with Crippen LogP contribution in [0.2, 0.25) is 0 Å². The number of sulfonamides is 1. The third-order valence-electron chi connectivity index (χ3n) is 4.14. The highest BCUT2D eigenvalue weighted by Crippen LogP contribution is 2.13. The number of carbonyl (C=O) groups is 2. The van der Waals surface area contributed by atoms with E-state index in [9.17, 15) is 18.0 Å². The van der Waals surface area contributed by atoms with Crippen molar-refractivity contribution in [3.8, 4) is 0 Å². The molecule has 1 heterocycles. The first-order valence-corrected chi connectivity index (χ1v) is 10.3. The Morgan fingerprint density at radius 3 is 2.24 bits per heavy atom. The number of aromatic nitrogens is 2. The van der Waals surface area contributed by atoms with Crippen LogP contribution >= 0.6 is 0 Å². The molecule has 0 unspecified atom stereocenters. The number of aryl methyl sites for hydroxylation is 2. The van der Waals surface area contributed by atoms with Crippen molar-refractivity contribution in [1.82, 2.24) is 19.8 Å². The number of carbonyl (C=O) groups excluding carboxylic acids is 2. The van der Waals surface area contributed by atoms with Gasteiger partial charge in [0.15, 0.2) is 0 Å². The number of benzene rings is 2. The van der Waals surface area contributed by atoms with E-state index < -0.39 is 16.1 Å². The first-order chi connectivity index (χ1) is 13.8. The summed E-state index contributed by atoms with van der Waals surface area (Å²) < 4.78 is 28.0. The smallest absolute Gasteiger partial charge is 0.328 e. The van der Waals surface area contributed by atoms with Crippen molar-refractivity contribution >= 4 is 22.0 Å². The highest BCUT2D eigenvalue weighted by molar-refractivity contribution is 7.90. The van der Waals surface area contributed by atoms with E-state index in [2.05, 4.69) is 10.4 Å². The summed E-state index contributed by atoms with van der Waals surface area (Å²) in [4.78, 5) is 24.3. The Labute approximate surface area is 168 Å². The van der Waals surface area contributed by atoms with E-state index in [0.717, 1.165) is 5.56 Å². The molecule has 2 aromatic carbocycles. The molecular weight excluding hydrogens is 392 g/mol. The van der Waals surface area contributed by atoms with Crippen LogP contribution in [0.1, 0.15) is 27.3 Å². The van der Waals surface area contributed by atoms with Crippen LogP contribution in [-0.2, 0) is 16.6 Å². The van der Waals surface area contributed by atoms with Crippen LogP contribution in [0.4, 0.5) is 4.79 Å². The summed E-state index contributed by atoms with van der Waals surface area (Å²) in [5, 5.41) is 6.62. The van der Waals surface area contributed by atoms with Crippen molar-refractivity contribution in [1.29, 1.82) is 0 Å². The number of hydrogen-bond acceptors (Lipinski definition) is 5. The Hall–Kier alpha value is -3.46. The van der Waals surface area contributed by atoms with Gasteiger partial charge in [-0.3, -0.25) is 4.79 Å². The van der Waals surface area contributed by atoms with Gasteiger partial charge in [-0.2, -0.15) is 5.10 Å². The number of amides is 2. The summed E-state index contributed by atoms with van der Waals surface area (Å²) in [5.41, 5.74) is 2.51. The second-order valence-electron chi connectivity index (χ2n) is 6.44. The summed E-state index contributed by atoms with van der Waals surface area (Å²) in [6, 6.07) is 15.4. The van der Waals surface area contributed by atoms with Crippen molar-refractivity contribution in [2.45, 2.75) is 25.3 Å². The van der Waals surface area contributed by atoms with Crippen LogP contribution in [0.5, 0.6) is 0 Å². The molecule has 0 saturated heterocycles. The molecule has 3 rings (SSSR count). The van der Waals surface area contributed by atoms with Crippen molar-refractivity contribution in [3.05, 3.63) is 83.2 Å². The summed E-state index contributed by atoms with van der Waals surface area (Å²) >= 11 is 0. The van der Waals surface area contributed by atoms with Crippen LogP contribution in [0.3, 0.4) is 0 Å². The van der Waals surface area contributed by atoms with Crippen molar-refractivity contribution in [3.63, 3.8) is 0 Å². The zero-order valence-electron chi connectivity index (χ0n) is 15.9. The molecule has 1 aromatic heterocycles. The van der Waals surface area contributed by atoms with E-state index >= 15 is 0 Å². The molecule has 0 saturated carbocycles. The predicted molar refractivity (Wildman–Crippen MR) is 107 cm³/mol. The lowest BCUT2D eigenvalue weighted by Crippen LogP contribution is -2.39. The Bertz CT molecular complexity index is 1140. The van der Waals surface area contributed by atoms with Gasteiger partial charge in [0, 0.05) is 17.8 Å². The second kappa shape index (κ2) is 8.27. The van der Waals surface area contributed by atoms with Crippen molar-refractivity contribution < 1.29 is 18.0 Å². The molecule has 0 aliphatic heterocycles. The van der Waals surface area contributed by atoms with E-state index in [1.165, 1.54) is 28.9 Å². The minimum Gasteiger partial charge on any atom is -0.333 e. The molecule has 0 radical (unpaired) electrons. The average Bonchev–Trinajstić information content (AvgIpc) is 3.04. The lowest BCUT2D eigenvalue weighted by Gasteiger charge is -2.09. The summed E-state index contributed by atoms with van der Waals surface area (Å²) in [6.45, 7) is 3.73. The Morgan fingerprint density at radius 1 is 1.00 bits per heavy atom.